The third kappa shape index (κ3) is 7.02. The third-order valence-corrected chi connectivity index (χ3v) is 7.10. The Balaban J connectivity index is 1.61. The first-order valence-corrected chi connectivity index (χ1v) is 13.6. The van der Waals surface area contributed by atoms with Crippen molar-refractivity contribution in [1.29, 1.82) is 0 Å². The number of thioether (sulfide) groups is 1. The molecule has 0 saturated carbocycles. The minimum Gasteiger partial charge on any atom is -0.497 e. The number of ether oxygens (including phenoxy) is 1. The third-order valence-electron chi connectivity index (χ3n) is 6.03. The van der Waals surface area contributed by atoms with E-state index in [0.29, 0.717) is 13.0 Å². The van der Waals surface area contributed by atoms with Crippen LogP contribution in [-0.4, -0.2) is 48.5 Å². The van der Waals surface area contributed by atoms with Gasteiger partial charge in [-0.15, -0.1) is 0 Å². The summed E-state index contributed by atoms with van der Waals surface area (Å²) < 4.78 is 5.26. The molecule has 0 spiro atoms. The fourth-order valence-corrected chi connectivity index (χ4v) is 5.35. The Morgan fingerprint density at radius 2 is 1.62 bits per heavy atom. The van der Waals surface area contributed by atoms with Crippen LogP contribution in [0.1, 0.15) is 63.6 Å². The molecule has 3 rings (SSSR count). The minimum absolute atomic E-state index is 0.0831. The molecule has 0 aromatic heterocycles. The largest absolute Gasteiger partial charge is 0.497 e. The molecule has 34 heavy (non-hydrogen) atoms. The molecule has 5 nitrogen and oxygen atoms in total. The zero-order valence-electron chi connectivity index (χ0n) is 21.1. The summed E-state index contributed by atoms with van der Waals surface area (Å²) in [6.45, 7) is 9.41. The molecule has 1 atom stereocenters. The van der Waals surface area contributed by atoms with Crippen LogP contribution in [0, 0.1) is 0 Å². The summed E-state index contributed by atoms with van der Waals surface area (Å²) in [7, 11) is 1.67. The molecular formula is C28H39N3O2S. The van der Waals surface area contributed by atoms with Crippen LogP contribution in [0.15, 0.2) is 53.5 Å². The van der Waals surface area contributed by atoms with E-state index in [1.54, 1.807) is 18.9 Å². The van der Waals surface area contributed by atoms with Crippen molar-refractivity contribution < 1.29 is 9.53 Å². The van der Waals surface area contributed by atoms with Crippen LogP contribution in [0.3, 0.4) is 0 Å². The number of rotatable bonds is 12. The van der Waals surface area contributed by atoms with Gasteiger partial charge in [-0.25, -0.2) is 0 Å². The minimum atomic E-state index is 0.0831. The van der Waals surface area contributed by atoms with E-state index >= 15 is 0 Å². The van der Waals surface area contributed by atoms with Crippen molar-refractivity contribution in [1.82, 2.24) is 4.90 Å². The molecule has 6 heteroatoms. The summed E-state index contributed by atoms with van der Waals surface area (Å²) in [6.07, 6.45) is 4.45. The second-order valence-corrected chi connectivity index (χ2v) is 9.70. The maximum absolute atomic E-state index is 13.2. The molecule has 1 amide bonds. The Hall–Kier alpha value is -2.47. The normalized spacial score (nSPS) is 15.2. The van der Waals surface area contributed by atoms with Gasteiger partial charge in [0.2, 0.25) is 5.91 Å². The van der Waals surface area contributed by atoms with Crippen LogP contribution in [0.5, 0.6) is 5.75 Å². The molecule has 0 aliphatic carbocycles. The fourth-order valence-electron chi connectivity index (χ4n) is 4.23. The molecule has 1 aliphatic rings. The molecule has 184 valence electrons. The first-order chi connectivity index (χ1) is 16.6. The topological polar surface area (TPSA) is 45.1 Å². The molecular weight excluding hydrogens is 442 g/mol. The number of carbonyl (C=O) groups excluding carboxylic acids is 1. The lowest BCUT2D eigenvalue weighted by atomic mass is 10.1. The average molecular weight is 482 g/mol. The molecule has 0 bridgehead atoms. The molecule has 0 fully saturated rings. The predicted molar refractivity (Wildman–Crippen MR) is 145 cm³/mol. The van der Waals surface area contributed by atoms with Gasteiger partial charge in [0.15, 0.2) is 5.17 Å². The van der Waals surface area contributed by atoms with Gasteiger partial charge in [0, 0.05) is 37.5 Å². The SMILES string of the molecule is CCCN(C(=O)CCc1ccc(N(CCC)CCC)cc1)C1=NC(c2ccc(OC)cc2)CS1. The first kappa shape index (κ1) is 26.1. The van der Waals surface area contributed by atoms with Gasteiger partial charge in [0.1, 0.15) is 5.75 Å². The van der Waals surface area contributed by atoms with E-state index in [9.17, 15) is 4.79 Å². The number of hydrogen-bond acceptors (Lipinski definition) is 5. The summed E-state index contributed by atoms with van der Waals surface area (Å²) >= 11 is 1.69. The van der Waals surface area contributed by atoms with E-state index in [0.717, 1.165) is 61.0 Å². The van der Waals surface area contributed by atoms with Crippen LogP contribution in [-0.2, 0) is 11.2 Å². The monoisotopic (exact) mass is 481 g/mol. The van der Waals surface area contributed by atoms with Crippen molar-refractivity contribution in [3.63, 3.8) is 0 Å². The summed E-state index contributed by atoms with van der Waals surface area (Å²) in [5.41, 5.74) is 3.64. The molecule has 1 heterocycles. The Bertz CT molecular complexity index is 922. The molecule has 0 saturated heterocycles. The number of aryl methyl sites for hydroxylation is 1. The van der Waals surface area contributed by atoms with Crippen molar-refractivity contribution in [2.45, 2.75) is 58.9 Å². The Kier molecular flexibility index (Phi) is 10.3. The van der Waals surface area contributed by atoms with Gasteiger partial charge in [0.25, 0.3) is 0 Å². The second-order valence-electron chi connectivity index (χ2n) is 8.71. The van der Waals surface area contributed by atoms with Gasteiger partial charge in [-0.1, -0.05) is 56.8 Å². The number of hydrogen-bond donors (Lipinski definition) is 0. The number of aliphatic imine (C=N–C) groups is 1. The highest BCUT2D eigenvalue weighted by molar-refractivity contribution is 8.14. The Morgan fingerprint density at radius 3 is 2.21 bits per heavy atom. The fraction of sp³-hybridized carbons (Fsp3) is 0.500. The van der Waals surface area contributed by atoms with Gasteiger partial charge < -0.3 is 9.64 Å². The predicted octanol–water partition coefficient (Wildman–Crippen LogP) is 6.34. The summed E-state index contributed by atoms with van der Waals surface area (Å²) in [5.74, 6) is 1.87. The van der Waals surface area contributed by atoms with E-state index in [2.05, 4.69) is 62.1 Å². The molecule has 0 N–H and O–H groups in total. The quantitative estimate of drug-likeness (QED) is 0.355. The second kappa shape index (κ2) is 13.4. The highest BCUT2D eigenvalue weighted by atomic mass is 32.2. The summed E-state index contributed by atoms with van der Waals surface area (Å²) in [4.78, 5) is 22.4. The van der Waals surface area contributed by atoms with Crippen molar-refractivity contribution in [3.8, 4) is 5.75 Å². The van der Waals surface area contributed by atoms with Crippen molar-refractivity contribution >= 4 is 28.5 Å². The van der Waals surface area contributed by atoms with Gasteiger partial charge in [-0.05, 0) is 61.1 Å². The lowest BCUT2D eigenvalue weighted by Gasteiger charge is -2.24. The van der Waals surface area contributed by atoms with Gasteiger partial charge in [-0.2, -0.15) is 0 Å². The maximum atomic E-state index is 13.2. The van der Waals surface area contributed by atoms with E-state index in [1.807, 2.05) is 17.0 Å². The van der Waals surface area contributed by atoms with Gasteiger partial charge in [0.05, 0.1) is 13.2 Å². The van der Waals surface area contributed by atoms with E-state index in [1.165, 1.54) is 11.3 Å². The van der Waals surface area contributed by atoms with Crippen molar-refractivity contribution in [2.24, 2.45) is 4.99 Å². The number of nitrogens with zero attached hydrogens (tertiary/aromatic N) is 3. The standard InChI is InChI=1S/C28H39N3O2S/c1-5-18-30(19-6-2)24-13-8-22(9-14-24)10-17-27(32)31(20-7-3)28-29-26(21-34-28)23-11-15-25(33-4)16-12-23/h8-9,11-16,26H,5-7,10,17-21H2,1-4H3. The lowest BCUT2D eigenvalue weighted by molar-refractivity contribution is -0.127. The van der Waals surface area contributed by atoms with Crippen molar-refractivity contribution in [2.75, 3.05) is 37.4 Å². The van der Waals surface area contributed by atoms with Crippen molar-refractivity contribution in [3.05, 3.63) is 59.7 Å². The molecule has 2 aromatic carbocycles. The number of amides is 1. The smallest absolute Gasteiger partial charge is 0.228 e. The lowest BCUT2D eigenvalue weighted by Crippen LogP contribution is -2.35. The van der Waals surface area contributed by atoms with E-state index < -0.39 is 0 Å². The van der Waals surface area contributed by atoms with E-state index in [-0.39, 0.29) is 11.9 Å². The number of anilines is 1. The maximum Gasteiger partial charge on any atom is 0.228 e. The number of carbonyl (C=O) groups is 1. The van der Waals surface area contributed by atoms with E-state index in [4.69, 9.17) is 9.73 Å². The number of methoxy groups -OCH3 is 1. The van der Waals surface area contributed by atoms with Crippen LogP contribution >= 0.6 is 11.8 Å². The molecule has 1 unspecified atom stereocenters. The molecule has 1 aliphatic heterocycles. The highest BCUT2D eigenvalue weighted by Gasteiger charge is 2.27. The molecule has 0 radical (unpaired) electrons. The summed E-state index contributed by atoms with van der Waals surface area (Å²) in [5, 5.41) is 0.859. The average Bonchev–Trinajstić information content (AvgIpc) is 3.36. The summed E-state index contributed by atoms with van der Waals surface area (Å²) in [6, 6.07) is 16.9. The van der Waals surface area contributed by atoms with Crippen LogP contribution in [0.4, 0.5) is 5.69 Å². The number of benzene rings is 2. The Labute approximate surface area is 209 Å². The van der Waals surface area contributed by atoms with Gasteiger partial charge in [-0.3, -0.25) is 14.7 Å². The van der Waals surface area contributed by atoms with Gasteiger partial charge >= 0.3 is 0 Å². The first-order valence-electron chi connectivity index (χ1n) is 12.6. The Morgan fingerprint density at radius 1 is 0.971 bits per heavy atom. The zero-order chi connectivity index (χ0) is 24.3. The number of amidine groups is 1. The van der Waals surface area contributed by atoms with Crippen LogP contribution in [0.25, 0.3) is 0 Å². The van der Waals surface area contributed by atoms with Crippen LogP contribution < -0.4 is 9.64 Å². The zero-order valence-corrected chi connectivity index (χ0v) is 21.9. The van der Waals surface area contributed by atoms with Crippen LogP contribution in [0.2, 0.25) is 0 Å². The molecule has 2 aromatic rings. The highest BCUT2D eigenvalue weighted by Crippen LogP contribution is 2.33.